The van der Waals surface area contributed by atoms with E-state index in [1.807, 2.05) is 10.8 Å². The van der Waals surface area contributed by atoms with E-state index in [0.29, 0.717) is 24.8 Å². The predicted octanol–water partition coefficient (Wildman–Crippen LogP) is 5.57. The van der Waals surface area contributed by atoms with E-state index in [-0.39, 0.29) is 23.5 Å². The van der Waals surface area contributed by atoms with E-state index in [4.69, 9.17) is 25.5 Å². The zero-order chi connectivity index (χ0) is 21.4. The molecule has 0 N–H and O–H groups in total. The van der Waals surface area contributed by atoms with Crippen molar-refractivity contribution in [3.63, 3.8) is 0 Å². The minimum Gasteiger partial charge on any atom is -0.414 e. The third kappa shape index (κ3) is 4.88. The summed E-state index contributed by atoms with van der Waals surface area (Å²) in [5, 5.41) is 1.44. The van der Waals surface area contributed by atoms with Gasteiger partial charge < -0.3 is 18.5 Å². The maximum absolute atomic E-state index is 6.43. The molecule has 2 aromatic heterocycles. The first-order valence-corrected chi connectivity index (χ1v) is 14.1. The van der Waals surface area contributed by atoms with Crippen molar-refractivity contribution in [2.24, 2.45) is 0 Å². The molecule has 0 aliphatic carbocycles. The first-order valence-electron chi connectivity index (χ1n) is 9.73. The summed E-state index contributed by atoms with van der Waals surface area (Å²) in [5.41, 5.74) is 0.771. The molecule has 6 nitrogen and oxygen atoms in total. The number of ether oxygens (including phenoxy) is 2. The second-order valence-electron chi connectivity index (χ2n) is 8.84. The molecule has 2 unspecified atom stereocenters. The van der Waals surface area contributed by atoms with Crippen molar-refractivity contribution in [2.45, 2.75) is 63.8 Å². The molecule has 0 spiro atoms. The summed E-state index contributed by atoms with van der Waals surface area (Å²) >= 11 is 8.55. The molecule has 0 aromatic carbocycles. The van der Waals surface area contributed by atoms with Crippen molar-refractivity contribution in [3.8, 4) is 0 Å². The fourth-order valence-corrected chi connectivity index (χ4v) is 5.32. The molecule has 0 saturated carbocycles. The second kappa shape index (κ2) is 8.92. The standard InChI is InChI=1S/C20H29ClIN3O3Si/c1-7-8-26-14-9-16(28-15(14)11-27-29(5,6)20(2,3)4)25-10-13(22)17-18(21)23-12-24-19(17)25/h7,10,12,14-16H,1,8-9,11H2,2-6H3/t14?,15-,16?/m1/s1. The van der Waals surface area contributed by atoms with Crippen LogP contribution in [0.2, 0.25) is 23.3 Å². The quantitative estimate of drug-likeness (QED) is 0.196. The Labute approximate surface area is 192 Å². The lowest BCUT2D eigenvalue weighted by Crippen LogP contribution is -2.44. The van der Waals surface area contributed by atoms with Gasteiger partial charge in [-0.15, -0.1) is 6.58 Å². The van der Waals surface area contributed by atoms with Gasteiger partial charge in [0.15, 0.2) is 8.32 Å². The summed E-state index contributed by atoms with van der Waals surface area (Å²) < 4.78 is 21.9. The summed E-state index contributed by atoms with van der Waals surface area (Å²) in [5.74, 6) is 0. The first kappa shape index (κ1) is 23.1. The lowest BCUT2D eigenvalue weighted by atomic mass is 10.2. The Bertz CT molecular complexity index is 884. The monoisotopic (exact) mass is 549 g/mol. The molecule has 3 atom stereocenters. The number of rotatable bonds is 7. The van der Waals surface area contributed by atoms with Crippen LogP contribution in [-0.4, -0.2) is 48.3 Å². The molecule has 0 amide bonds. The van der Waals surface area contributed by atoms with Crippen LogP contribution in [0, 0.1) is 3.57 Å². The summed E-state index contributed by atoms with van der Waals surface area (Å²) in [6.07, 6.45) is 5.54. The Morgan fingerprint density at radius 1 is 1.41 bits per heavy atom. The molecule has 1 fully saturated rings. The number of fused-ring (bicyclic) bond motifs is 1. The minimum atomic E-state index is -1.88. The maximum Gasteiger partial charge on any atom is 0.192 e. The molecule has 9 heteroatoms. The number of hydrogen-bond acceptors (Lipinski definition) is 5. The highest BCUT2D eigenvalue weighted by atomic mass is 127. The third-order valence-electron chi connectivity index (χ3n) is 5.85. The van der Waals surface area contributed by atoms with Crippen LogP contribution in [0.25, 0.3) is 11.0 Å². The second-order valence-corrected chi connectivity index (χ2v) is 15.2. The SMILES string of the molecule is C=CCOC1CC(n2cc(I)c3c(Cl)ncnc32)O[C@@H]1CO[Si](C)(C)C(C)(C)C. The maximum atomic E-state index is 6.43. The Kier molecular flexibility index (Phi) is 7.12. The normalized spacial score (nSPS) is 23.1. The smallest absolute Gasteiger partial charge is 0.192 e. The molecule has 0 radical (unpaired) electrons. The van der Waals surface area contributed by atoms with Crippen LogP contribution in [0.3, 0.4) is 0 Å². The van der Waals surface area contributed by atoms with Crippen molar-refractivity contribution in [3.05, 3.63) is 33.9 Å². The summed E-state index contributed by atoms with van der Waals surface area (Å²) in [4.78, 5) is 8.54. The first-order chi connectivity index (χ1) is 13.5. The van der Waals surface area contributed by atoms with E-state index in [1.54, 1.807) is 6.08 Å². The van der Waals surface area contributed by atoms with Gasteiger partial charge in [-0.25, -0.2) is 9.97 Å². The van der Waals surface area contributed by atoms with Gasteiger partial charge in [0.05, 0.1) is 24.7 Å². The molecule has 2 aromatic rings. The molecule has 0 bridgehead atoms. The van der Waals surface area contributed by atoms with E-state index >= 15 is 0 Å². The number of hydrogen-bond donors (Lipinski definition) is 0. The summed E-state index contributed by atoms with van der Waals surface area (Å²) in [6, 6.07) is 0. The average Bonchev–Trinajstić information content (AvgIpc) is 3.19. The highest BCUT2D eigenvalue weighted by Crippen LogP contribution is 2.39. The van der Waals surface area contributed by atoms with Crippen molar-refractivity contribution in [1.29, 1.82) is 0 Å². The Morgan fingerprint density at radius 2 is 2.14 bits per heavy atom. The third-order valence-corrected chi connectivity index (χ3v) is 11.5. The number of aromatic nitrogens is 3. The summed E-state index contributed by atoms with van der Waals surface area (Å²) in [7, 11) is -1.88. The fraction of sp³-hybridized carbons (Fsp3) is 0.600. The van der Waals surface area contributed by atoms with Crippen LogP contribution in [0.1, 0.15) is 33.4 Å². The lowest BCUT2D eigenvalue weighted by Gasteiger charge is -2.37. The Balaban J connectivity index is 1.82. The van der Waals surface area contributed by atoms with Gasteiger partial charge in [-0.1, -0.05) is 38.4 Å². The van der Waals surface area contributed by atoms with E-state index in [0.717, 1.165) is 14.6 Å². The predicted molar refractivity (Wildman–Crippen MR) is 127 cm³/mol. The van der Waals surface area contributed by atoms with Crippen LogP contribution < -0.4 is 0 Å². The molecular formula is C20H29ClIN3O3Si. The van der Waals surface area contributed by atoms with E-state index < -0.39 is 8.32 Å². The van der Waals surface area contributed by atoms with Crippen LogP contribution in [0.4, 0.5) is 0 Å². The molecule has 160 valence electrons. The van der Waals surface area contributed by atoms with Crippen LogP contribution in [0.15, 0.2) is 25.2 Å². The minimum absolute atomic E-state index is 0.0739. The summed E-state index contributed by atoms with van der Waals surface area (Å²) in [6.45, 7) is 16.0. The van der Waals surface area contributed by atoms with E-state index in [1.165, 1.54) is 6.33 Å². The molecule has 1 aliphatic heterocycles. The molecule has 29 heavy (non-hydrogen) atoms. The zero-order valence-electron chi connectivity index (χ0n) is 17.6. The van der Waals surface area contributed by atoms with Gasteiger partial charge >= 0.3 is 0 Å². The molecule has 3 heterocycles. The van der Waals surface area contributed by atoms with Crippen molar-refractivity contribution >= 4 is 53.5 Å². The average molecular weight is 550 g/mol. The molecule has 1 saturated heterocycles. The van der Waals surface area contributed by atoms with Crippen LogP contribution >= 0.6 is 34.2 Å². The lowest BCUT2D eigenvalue weighted by molar-refractivity contribution is -0.0535. The van der Waals surface area contributed by atoms with Crippen molar-refractivity contribution in [2.75, 3.05) is 13.2 Å². The topological polar surface area (TPSA) is 58.4 Å². The van der Waals surface area contributed by atoms with Gasteiger partial charge in [-0.2, -0.15) is 0 Å². The van der Waals surface area contributed by atoms with Crippen LogP contribution in [0.5, 0.6) is 0 Å². The van der Waals surface area contributed by atoms with Crippen molar-refractivity contribution in [1.82, 2.24) is 14.5 Å². The largest absolute Gasteiger partial charge is 0.414 e. The van der Waals surface area contributed by atoms with E-state index in [9.17, 15) is 0 Å². The zero-order valence-corrected chi connectivity index (χ0v) is 21.5. The van der Waals surface area contributed by atoms with Crippen molar-refractivity contribution < 1.29 is 13.9 Å². The van der Waals surface area contributed by atoms with Crippen LogP contribution in [-0.2, 0) is 13.9 Å². The van der Waals surface area contributed by atoms with Gasteiger partial charge in [-0.05, 0) is 40.7 Å². The van der Waals surface area contributed by atoms with Gasteiger partial charge in [0, 0.05) is 16.2 Å². The highest BCUT2D eigenvalue weighted by Gasteiger charge is 2.42. The Morgan fingerprint density at radius 3 is 2.79 bits per heavy atom. The van der Waals surface area contributed by atoms with Gasteiger partial charge in [-0.3, -0.25) is 0 Å². The molecule has 3 rings (SSSR count). The molecule has 1 aliphatic rings. The van der Waals surface area contributed by atoms with E-state index in [2.05, 4.69) is 73.0 Å². The molecular weight excluding hydrogens is 521 g/mol. The van der Waals surface area contributed by atoms with Gasteiger partial charge in [0.1, 0.15) is 29.5 Å². The van der Waals surface area contributed by atoms with Gasteiger partial charge in [0.2, 0.25) is 0 Å². The Hall–Kier alpha value is -0.523. The van der Waals surface area contributed by atoms with Gasteiger partial charge in [0.25, 0.3) is 0 Å². The highest BCUT2D eigenvalue weighted by molar-refractivity contribution is 14.1. The number of nitrogens with zero attached hydrogens (tertiary/aromatic N) is 3. The fourth-order valence-electron chi connectivity index (χ4n) is 3.12. The number of halogens is 2.